The number of aromatic nitrogens is 5. The van der Waals surface area contributed by atoms with Gasteiger partial charge in [0.1, 0.15) is 28.4 Å². The number of rotatable bonds is 8. The van der Waals surface area contributed by atoms with Gasteiger partial charge in [-0.25, -0.2) is 15.0 Å². The van der Waals surface area contributed by atoms with E-state index in [4.69, 9.17) is 10.7 Å². The van der Waals surface area contributed by atoms with Gasteiger partial charge in [-0.05, 0) is 49.6 Å². The van der Waals surface area contributed by atoms with Crippen LogP contribution in [0.3, 0.4) is 0 Å². The molecule has 204 valence electrons. The molecule has 6 rings (SSSR count). The number of thiophene rings is 1. The number of anilines is 2. The fourth-order valence-corrected chi connectivity index (χ4v) is 7.14. The highest BCUT2D eigenvalue weighted by atomic mass is 32.1. The standard InChI is InChI=1S/C28H28N8O2S2/c1-3-19-25(16-6-8-30-9-7-16)40-27(35-19)15(2)34-20-14-32-24-5-4-21(36(24)28(20)38)26(37)33-13-18-10-17-12-31-23(29)11-22(17)39-18/h6-12,14-15,21,34H,3-5,13H2,1-2H3,(H2,29,31)(H,33,37). The highest BCUT2D eigenvalue weighted by Gasteiger charge is 2.31. The van der Waals surface area contributed by atoms with Gasteiger partial charge in [-0.3, -0.25) is 19.1 Å². The van der Waals surface area contributed by atoms with Gasteiger partial charge in [0, 0.05) is 40.0 Å². The molecule has 1 aliphatic rings. The number of hydrogen-bond acceptors (Lipinski definition) is 10. The maximum atomic E-state index is 13.6. The Morgan fingerprint density at radius 3 is 2.83 bits per heavy atom. The molecule has 0 saturated heterocycles. The first-order valence-electron chi connectivity index (χ1n) is 13.1. The van der Waals surface area contributed by atoms with Crippen LogP contribution in [0.1, 0.15) is 53.8 Å². The number of hydrogen-bond donors (Lipinski definition) is 3. The van der Waals surface area contributed by atoms with Crippen LogP contribution < -0.4 is 21.9 Å². The second-order valence-electron chi connectivity index (χ2n) is 9.68. The van der Waals surface area contributed by atoms with E-state index in [-0.39, 0.29) is 17.5 Å². The smallest absolute Gasteiger partial charge is 0.277 e. The summed E-state index contributed by atoms with van der Waals surface area (Å²) in [5, 5.41) is 8.17. The Hall–Kier alpha value is -4.16. The van der Waals surface area contributed by atoms with Crippen LogP contribution in [0.2, 0.25) is 0 Å². The second-order valence-corrected chi connectivity index (χ2v) is 11.9. The van der Waals surface area contributed by atoms with Crippen molar-refractivity contribution in [3.8, 4) is 10.4 Å². The molecule has 1 amide bonds. The van der Waals surface area contributed by atoms with E-state index >= 15 is 0 Å². The lowest BCUT2D eigenvalue weighted by Crippen LogP contribution is -2.36. The van der Waals surface area contributed by atoms with Gasteiger partial charge < -0.3 is 16.4 Å². The zero-order valence-electron chi connectivity index (χ0n) is 22.0. The third-order valence-electron chi connectivity index (χ3n) is 6.97. The molecule has 0 saturated carbocycles. The van der Waals surface area contributed by atoms with Crippen molar-refractivity contribution in [1.29, 1.82) is 0 Å². The molecule has 0 aromatic carbocycles. The van der Waals surface area contributed by atoms with E-state index in [2.05, 4.69) is 32.5 Å². The average Bonchev–Trinajstić information content (AvgIpc) is 3.70. The van der Waals surface area contributed by atoms with Crippen molar-refractivity contribution >= 4 is 50.2 Å². The second kappa shape index (κ2) is 10.8. The molecule has 10 nitrogen and oxygen atoms in total. The molecule has 1 aliphatic heterocycles. The largest absolute Gasteiger partial charge is 0.384 e. The van der Waals surface area contributed by atoms with Gasteiger partial charge in [0.05, 0.1) is 29.4 Å². The average molecular weight is 573 g/mol. The number of carbonyl (C=O) groups excluding carboxylic acids is 1. The van der Waals surface area contributed by atoms with Crippen molar-refractivity contribution in [2.75, 3.05) is 11.1 Å². The first-order valence-corrected chi connectivity index (χ1v) is 14.7. The Balaban J connectivity index is 1.19. The fraction of sp³-hybridized carbons (Fsp3) is 0.286. The number of aryl methyl sites for hydroxylation is 2. The molecule has 6 heterocycles. The van der Waals surface area contributed by atoms with Crippen LogP contribution in [0, 0.1) is 0 Å². The molecule has 40 heavy (non-hydrogen) atoms. The molecule has 0 spiro atoms. The third-order valence-corrected chi connectivity index (χ3v) is 9.40. The minimum absolute atomic E-state index is 0.197. The van der Waals surface area contributed by atoms with Crippen LogP contribution in [-0.2, 0) is 24.2 Å². The lowest BCUT2D eigenvalue weighted by atomic mass is 10.2. The van der Waals surface area contributed by atoms with Gasteiger partial charge in [-0.15, -0.1) is 22.7 Å². The monoisotopic (exact) mass is 572 g/mol. The van der Waals surface area contributed by atoms with E-state index in [1.807, 2.05) is 31.2 Å². The molecule has 4 N–H and O–H groups in total. The summed E-state index contributed by atoms with van der Waals surface area (Å²) in [4.78, 5) is 46.5. The predicted octanol–water partition coefficient (Wildman–Crippen LogP) is 4.49. The number of thiazole rings is 1. The summed E-state index contributed by atoms with van der Waals surface area (Å²) >= 11 is 3.16. The Morgan fingerprint density at radius 1 is 1.20 bits per heavy atom. The Kier molecular flexibility index (Phi) is 7.03. The van der Waals surface area contributed by atoms with E-state index in [0.717, 1.165) is 42.5 Å². The Bertz CT molecular complexity index is 1760. The van der Waals surface area contributed by atoms with Crippen LogP contribution in [0.15, 0.2) is 53.8 Å². The lowest BCUT2D eigenvalue weighted by Gasteiger charge is -2.17. The Morgan fingerprint density at radius 2 is 2.02 bits per heavy atom. The number of fused-ring (bicyclic) bond motifs is 2. The van der Waals surface area contributed by atoms with Crippen LogP contribution in [0.4, 0.5) is 11.5 Å². The summed E-state index contributed by atoms with van der Waals surface area (Å²) in [5.74, 6) is 0.889. The normalized spacial score (nSPS) is 15.2. The van der Waals surface area contributed by atoms with Gasteiger partial charge in [0.15, 0.2) is 0 Å². The maximum absolute atomic E-state index is 13.6. The number of nitrogen functional groups attached to an aromatic ring is 1. The maximum Gasteiger partial charge on any atom is 0.277 e. The molecule has 2 unspecified atom stereocenters. The van der Waals surface area contributed by atoms with Gasteiger partial charge >= 0.3 is 0 Å². The molecular formula is C28H28N8O2S2. The van der Waals surface area contributed by atoms with Gasteiger partial charge in [-0.2, -0.15) is 0 Å². The van der Waals surface area contributed by atoms with Crippen LogP contribution in [-0.4, -0.2) is 30.4 Å². The molecule has 2 atom stereocenters. The molecule has 12 heteroatoms. The third kappa shape index (κ3) is 4.95. The van der Waals surface area contributed by atoms with E-state index in [0.29, 0.717) is 36.7 Å². The van der Waals surface area contributed by atoms with Crippen molar-refractivity contribution in [2.24, 2.45) is 0 Å². The van der Waals surface area contributed by atoms with Gasteiger partial charge in [0.25, 0.3) is 5.56 Å². The number of nitrogens with one attached hydrogen (secondary N) is 2. The molecular weight excluding hydrogens is 544 g/mol. The van der Waals surface area contributed by atoms with Crippen LogP contribution >= 0.6 is 22.7 Å². The van der Waals surface area contributed by atoms with E-state index in [1.165, 1.54) is 4.57 Å². The highest BCUT2D eigenvalue weighted by Crippen LogP contribution is 2.34. The van der Waals surface area contributed by atoms with Crippen LogP contribution in [0.5, 0.6) is 0 Å². The molecule has 5 aromatic heterocycles. The zero-order valence-corrected chi connectivity index (χ0v) is 23.7. The summed E-state index contributed by atoms with van der Waals surface area (Å²) in [5.41, 5.74) is 7.98. The summed E-state index contributed by atoms with van der Waals surface area (Å²) < 4.78 is 2.55. The van der Waals surface area contributed by atoms with Crippen molar-refractivity contribution in [2.45, 2.75) is 51.7 Å². The number of nitrogens with zero attached hydrogens (tertiary/aromatic N) is 5. The topological polar surface area (TPSA) is 141 Å². The first kappa shape index (κ1) is 26.1. The minimum atomic E-state index is -0.608. The molecule has 0 radical (unpaired) electrons. The van der Waals surface area contributed by atoms with E-state index in [9.17, 15) is 9.59 Å². The van der Waals surface area contributed by atoms with Crippen molar-refractivity contribution in [3.05, 3.63) is 80.8 Å². The summed E-state index contributed by atoms with van der Waals surface area (Å²) in [6.07, 6.45) is 8.74. The number of carbonyl (C=O) groups is 1. The van der Waals surface area contributed by atoms with Gasteiger partial charge in [-0.1, -0.05) is 6.92 Å². The van der Waals surface area contributed by atoms with Gasteiger partial charge in [0.2, 0.25) is 5.91 Å². The molecule has 0 aliphatic carbocycles. The van der Waals surface area contributed by atoms with E-state index in [1.54, 1.807) is 47.5 Å². The number of pyridine rings is 2. The zero-order chi connectivity index (χ0) is 27.8. The van der Waals surface area contributed by atoms with Crippen molar-refractivity contribution in [1.82, 2.24) is 29.8 Å². The quantitative estimate of drug-likeness (QED) is 0.247. The summed E-state index contributed by atoms with van der Waals surface area (Å²) in [6, 6.07) is 6.95. The molecule has 0 bridgehead atoms. The summed E-state index contributed by atoms with van der Waals surface area (Å²) in [6.45, 7) is 4.42. The predicted molar refractivity (Wildman–Crippen MR) is 158 cm³/mol. The highest BCUT2D eigenvalue weighted by molar-refractivity contribution is 7.19. The molecule has 5 aromatic rings. The number of amides is 1. The van der Waals surface area contributed by atoms with E-state index < -0.39 is 6.04 Å². The SMILES string of the molecule is CCc1nc(C(C)Nc2cnc3n(c2=O)C(C(=O)NCc2cc4cnc(N)cc4s2)CC3)sc1-c1ccncc1. The van der Waals surface area contributed by atoms with Crippen LogP contribution in [0.25, 0.3) is 20.5 Å². The Labute approximate surface area is 238 Å². The number of nitrogens with two attached hydrogens (primary N) is 1. The minimum Gasteiger partial charge on any atom is -0.384 e. The first-order chi connectivity index (χ1) is 19.4. The van der Waals surface area contributed by atoms with Crippen molar-refractivity contribution < 1.29 is 4.79 Å². The van der Waals surface area contributed by atoms with Crippen molar-refractivity contribution in [3.63, 3.8) is 0 Å². The summed E-state index contributed by atoms with van der Waals surface area (Å²) in [7, 11) is 0. The molecule has 0 fully saturated rings. The lowest BCUT2D eigenvalue weighted by molar-refractivity contribution is -0.124. The fourth-order valence-electron chi connectivity index (χ4n) is 4.95.